The summed E-state index contributed by atoms with van der Waals surface area (Å²) in [5, 5.41) is 0. The lowest BCUT2D eigenvalue weighted by Gasteiger charge is -2.39. The van der Waals surface area contributed by atoms with E-state index in [1.807, 2.05) is 0 Å². The third-order valence-corrected chi connectivity index (χ3v) is 5.69. The molecule has 2 bridgehead atoms. The van der Waals surface area contributed by atoms with Crippen molar-refractivity contribution in [2.45, 2.75) is 58.1 Å². The lowest BCUT2D eigenvalue weighted by Crippen LogP contribution is -2.45. The predicted molar refractivity (Wildman–Crippen MR) is 65.2 cm³/mol. The Morgan fingerprint density at radius 1 is 1.35 bits per heavy atom. The molecule has 17 heavy (non-hydrogen) atoms. The summed E-state index contributed by atoms with van der Waals surface area (Å²) >= 11 is 0. The molecule has 0 aromatic heterocycles. The highest BCUT2D eigenvalue weighted by Crippen LogP contribution is 2.63. The van der Waals surface area contributed by atoms with Crippen molar-refractivity contribution in [1.82, 2.24) is 0 Å². The summed E-state index contributed by atoms with van der Waals surface area (Å²) in [6.07, 6.45) is 6.26. The van der Waals surface area contributed by atoms with Gasteiger partial charge < -0.3 is 10.5 Å². The number of carbonyl (C=O) groups excluding carboxylic acids is 1. The maximum atomic E-state index is 11.1. The van der Waals surface area contributed by atoms with Gasteiger partial charge in [-0.3, -0.25) is 4.79 Å². The van der Waals surface area contributed by atoms with Crippen LogP contribution in [0.15, 0.2) is 0 Å². The molecule has 3 aliphatic rings. The average Bonchev–Trinajstić information content (AvgIpc) is 2.87. The first-order valence-electron chi connectivity index (χ1n) is 6.96. The van der Waals surface area contributed by atoms with E-state index in [1.165, 1.54) is 26.2 Å². The van der Waals surface area contributed by atoms with Gasteiger partial charge in [-0.2, -0.15) is 0 Å². The van der Waals surface area contributed by atoms with Gasteiger partial charge in [0.15, 0.2) is 0 Å². The van der Waals surface area contributed by atoms with E-state index in [1.54, 1.807) is 0 Å². The Hall–Kier alpha value is -0.570. The molecule has 0 aromatic carbocycles. The second-order valence-corrected chi connectivity index (χ2v) is 6.56. The van der Waals surface area contributed by atoms with Crippen LogP contribution in [0, 0.1) is 23.2 Å². The normalized spacial score (nSPS) is 52.3. The van der Waals surface area contributed by atoms with E-state index in [-0.39, 0.29) is 12.1 Å². The van der Waals surface area contributed by atoms with Crippen molar-refractivity contribution >= 4 is 5.97 Å². The number of hydrogen-bond donors (Lipinski definition) is 1. The van der Waals surface area contributed by atoms with Crippen molar-refractivity contribution in [2.75, 3.05) is 0 Å². The van der Waals surface area contributed by atoms with Gasteiger partial charge in [0.1, 0.15) is 6.10 Å². The number of esters is 1. The fourth-order valence-electron chi connectivity index (χ4n) is 4.97. The van der Waals surface area contributed by atoms with Crippen LogP contribution in [0.1, 0.15) is 46.0 Å². The molecule has 3 aliphatic carbocycles. The summed E-state index contributed by atoms with van der Waals surface area (Å²) in [5.74, 6) is 1.87. The van der Waals surface area contributed by atoms with Gasteiger partial charge in [0.25, 0.3) is 0 Å². The number of rotatable bonds is 1. The highest BCUT2D eigenvalue weighted by atomic mass is 16.5. The molecule has 0 saturated heterocycles. The molecule has 3 saturated carbocycles. The second-order valence-electron chi connectivity index (χ2n) is 6.56. The SMILES string of the molecule is CC(=O)O[C@H]1CC2(C[C@@H]1C)[C@H]1CC[C@H](C1)[C@@H]2N. The fraction of sp³-hybridized carbons (Fsp3) is 0.929. The minimum atomic E-state index is -0.143. The van der Waals surface area contributed by atoms with Crippen molar-refractivity contribution in [3.63, 3.8) is 0 Å². The van der Waals surface area contributed by atoms with Gasteiger partial charge in [-0.05, 0) is 55.3 Å². The zero-order valence-corrected chi connectivity index (χ0v) is 10.8. The maximum Gasteiger partial charge on any atom is 0.302 e. The molecule has 6 atom stereocenters. The van der Waals surface area contributed by atoms with Gasteiger partial charge >= 0.3 is 5.97 Å². The Bertz CT molecular complexity index is 339. The summed E-state index contributed by atoms with van der Waals surface area (Å²) in [6, 6.07) is 0.351. The number of ether oxygens (including phenoxy) is 1. The minimum absolute atomic E-state index is 0.109. The zero-order valence-electron chi connectivity index (χ0n) is 10.8. The lowest BCUT2D eigenvalue weighted by atomic mass is 9.68. The van der Waals surface area contributed by atoms with Crippen molar-refractivity contribution in [1.29, 1.82) is 0 Å². The molecule has 1 unspecified atom stereocenters. The van der Waals surface area contributed by atoms with Crippen molar-refractivity contribution in [2.24, 2.45) is 28.9 Å². The Labute approximate surface area is 103 Å². The molecular formula is C14H23NO2. The quantitative estimate of drug-likeness (QED) is 0.710. The Balaban J connectivity index is 1.80. The average molecular weight is 237 g/mol. The summed E-state index contributed by atoms with van der Waals surface area (Å²) < 4.78 is 5.47. The van der Waals surface area contributed by atoms with Gasteiger partial charge in [0.2, 0.25) is 0 Å². The van der Waals surface area contributed by atoms with Crippen LogP contribution in [-0.2, 0) is 9.53 Å². The van der Waals surface area contributed by atoms with Gasteiger partial charge in [-0.1, -0.05) is 6.92 Å². The first kappa shape index (κ1) is 11.5. The molecule has 3 rings (SSSR count). The van der Waals surface area contributed by atoms with E-state index in [0.29, 0.717) is 17.4 Å². The van der Waals surface area contributed by atoms with E-state index >= 15 is 0 Å². The van der Waals surface area contributed by atoms with E-state index < -0.39 is 0 Å². The molecule has 3 heteroatoms. The summed E-state index contributed by atoms with van der Waals surface area (Å²) in [7, 11) is 0. The smallest absolute Gasteiger partial charge is 0.302 e. The van der Waals surface area contributed by atoms with E-state index in [4.69, 9.17) is 10.5 Å². The van der Waals surface area contributed by atoms with Crippen LogP contribution in [0.25, 0.3) is 0 Å². The van der Waals surface area contributed by atoms with Gasteiger partial charge in [-0.15, -0.1) is 0 Å². The topological polar surface area (TPSA) is 52.3 Å². The maximum absolute atomic E-state index is 11.1. The molecule has 0 aromatic rings. The Kier molecular flexibility index (Phi) is 2.51. The Morgan fingerprint density at radius 2 is 2.12 bits per heavy atom. The molecule has 0 aliphatic heterocycles. The first-order valence-corrected chi connectivity index (χ1v) is 6.96. The highest BCUT2D eigenvalue weighted by molar-refractivity contribution is 5.66. The van der Waals surface area contributed by atoms with Crippen LogP contribution < -0.4 is 5.73 Å². The molecular weight excluding hydrogens is 214 g/mol. The second kappa shape index (κ2) is 3.71. The Morgan fingerprint density at radius 3 is 2.71 bits per heavy atom. The van der Waals surface area contributed by atoms with Gasteiger partial charge in [0, 0.05) is 13.0 Å². The number of carbonyl (C=O) groups is 1. The zero-order chi connectivity index (χ0) is 12.2. The monoisotopic (exact) mass is 237 g/mol. The van der Waals surface area contributed by atoms with Crippen LogP contribution in [0.2, 0.25) is 0 Å². The number of fused-ring (bicyclic) bond motifs is 3. The largest absolute Gasteiger partial charge is 0.462 e. The summed E-state index contributed by atoms with van der Waals surface area (Å²) in [6.45, 7) is 3.72. The van der Waals surface area contributed by atoms with Crippen LogP contribution in [0.5, 0.6) is 0 Å². The number of nitrogens with two attached hydrogens (primary N) is 1. The first-order chi connectivity index (χ1) is 8.03. The van der Waals surface area contributed by atoms with E-state index in [0.717, 1.165) is 24.7 Å². The summed E-state index contributed by atoms with van der Waals surface area (Å²) in [4.78, 5) is 11.1. The highest BCUT2D eigenvalue weighted by Gasteiger charge is 2.61. The van der Waals surface area contributed by atoms with Crippen molar-refractivity contribution in [3.05, 3.63) is 0 Å². The fourth-order valence-corrected chi connectivity index (χ4v) is 4.97. The third-order valence-electron chi connectivity index (χ3n) is 5.69. The van der Waals surface area contributed by atoms with Crippen LogP contribution in [-0.4, -0.2) is 18.1 Å². The van der Waals surface area contributed by atoms with Gasteiger partial charge in [0.05, 0.1) is 0 Å². The molecule has 96 valence electrons. The van der Waals surface area contributed by atoms with Crippen LogP contribution in [0.4, 0.5) is 0 Å². The number of hydrogen-bond acceptors (Lipinski definition) is 3. The van der Waals surface area contributed by atoms with Crippen LogP contribution >= 0.6 is 0 Å². The standard InChI is InChI=1S/C14H23NO2/c1-8-6-14(7-12(8)17-9(2)16)11-4-3-10(5-11)13(14)15/h8,10-13H,3-7,15H2,1-2H3/t8-,10+,11-,12-,13-,14?/m0/s1. The van der Waals surface area contributed by atoms with Crippen molar-refractivity contribution < 1.29 is 9.53 Å². The van der Waals surface area contributed by atoms with Gasteiger partial charge in [-0.25, -0.2) is 0 Å². The molecule has 0 amide bonds. The predicted octanol–water partition coefficient (Wildman–Crippen LogP) is 2.09. The molecule has 0 radical (unpaired) electrons. The van der Waals surface area contributed by atoms with E-state index in [9.17, 15) is 4.79 Å². The molecule has 0 heterocycles. The molecule has 3 nitrogen and oxygen atoms in total. The molecule has 3 fully saturated rings. The van der Waals surface area contributed by atoms with Crippen LogP contribution in [0.3, 0.4) is 0 Å². The lowest BCUT2D eigenvalue weighted by molar-refractivity contribution is -0.148. The molecule has 1 spiro atoms. The summed E-state index contributed by atoms with van der Waals surface area (Å²) in [5.41, 5.74) is 6.77. The van der Waals surface area contributed by atoms with Crippen molar-refractivity contribution in [3.8, 4) is 0 Å². The minimum Gasteiger partial charge on any atom is -0.462 e. The third kappa shape index (κ3) is 1.55. The molecule has 2 N–H and O–H groups in total. The van der Waals surface area contributed by atoms with E-state index in [2.05, 4.69) is 6.92 Å².